The third-order valence-corrected chi connectivity index (χ3v) is 6.94. The fourth-order valence-electron chi connectivity index (χ4n) is 5.52. The maximum Gasteiger partial charge on any atom is 0.337 e. The summed E-state index contributed by atoms with van der Waals surface area (Å²) in [5, 5.41) is 13.7. The van der Waals surface area contributed by atoms with Gasteiger partial charge in [0.25, 0.3) is 0 Å². The summed E-state index contributed by atoms with van der Waals surface area (Å²) in [7, 11) is 2.90. The quantitative estimate of drug-likeness (QED) is 0.456. The number of carbonyl (C=O) groups is 2. The Morgan fingerprint density at radius 3 is 2.86 bits per heavy atom. The highest BCUT2D eigenvalue weighted by molar-refractivity contribution is 6.16. The molecule has 7 heteroatoms. The summed E-state index contributed by atoms with van der Waals surface area (Å²) in [6.45, 7) is 3.74. The van der Waals surface area contributed by atoms with E-state index in [1.54, 1.807) is 12.1 Å². The van der Waals surface area contributed by atoms with Crippen molar-refractivity contribution in [1.82, 2.24) is 4.90 Å². The normalized spacial score (nSPS) is 31.3. The number of ketones is 1. The molecule has 3 aliphatic rings. The lowest BCUT2D eigenvalue weighted by molar-refractivity contribution is -0.137. The van der Waals surface area contributed by atoms with Crippen LogP contribution in [0.5, 0.6) is 5.75 Å². The summed E-state index contributed by atoms with van der Waals surface area (Å²) in [5.74, 6) is -0.210. The van der Waals surface area contributed by atoms with Gasteiger partial charge in [-0.25, -0.2) is 4.79 Å². The number of nitrogens with zero attached hydrogens (tertiary/aromatic N) is 1. The number of hydrogen-bond acceptors (Lipinski definition) is 7. The highest BCUT2D eigenvalue weighted by atomic mass is 16.5. The van der Waals surface area contributed by atoms with Gasteiger partial charge in [-0.2, -0.15) is 0 Å². The molecule has 29 heavy (non-hydrogen) atoms. The second-order valence-corrected chi connectivity index (χ2v) is 8.20. The zero-order chi connectivity index (χ0) is 20.8. The molecule has 0 amide bonds. The Morgan fingerprint density at radius 1 is 1.41 bits per heavy atom. The second kappa shape index (κ2) is 7.37. The average Bonchev–Trinajstić information content (AvgIpc) is 3.23. The molecule has 0 saturated carbocycles. The third kappa shape index (κ3) is 2.90. The summed E-state index contributed by atoms with van der Waals surface area (Å²) in [6, 6.07) is 5.06. The summed E-state index contributed by atoms with van der Waals surface area (Å²) in [6.07, 6.45) is 3.73. The summed E-state index contributed by atoms with van der Waals surface area (Å²) < 4.78 is 10.2. The fraction of sp³-hybridized carbons (Fsp3) is 0.545. The molecule has 1 spiro atoms. The lowest BCUT2D eigenvalue weighted by Gasteiger charge is -2.45. The molecule has 0 bridgehead atoms. The zero-order valence-corrected chi connectivity index (χ0v) is 17.1. The van der Waals surface area contributed by atoms with Crippen LogP contribution in [0.1, 0.15) is 36.5 Å². The zero-order valence-electron chi connectivity index (χ0n) is 17.1. The Bertz CT molecular complexity index is 867. The summed E-state index contributed by atoms with van der Waals surface area (Å²) >= 11 is 0. The van der Waals surface area contributed by atoms with Crippen molar-refractivity contribution < 1.29 is 24.2 Å². The van der Waals surface area contributed by atoms with Crippen LogP contribution in [0.3, 0.4) is 0 Å². The van der Waals surface area contributed by atoms with Crippen molar-refractivity contribution in [3.05, 3.63) is 35.6 Å². The van der Waals surface area contributed by atoms with E-state index in [0.717, 1.165) is 19.5 Å². The Morgan fingerprint density at radius 2 is 2.21 bits per heavy atom. The first kappa shape index (κ1) is 19.8. The molecule has 3 aliphatic heterocycles. The van der Waals surface area contributed by atoms with Gasteiger partial charge >= 0.3 is 5.97 Å². The molecule has 156 valence electrons. The Kier molecular flexibility index (Phi) is 5.02. The highest BCUT2D eigenvalue weighted by Gasteiger charge is 2.59. The van der Waals surface area contributed by atoms with Crippen molar-refractivity contribution in [1.29, 1.82) is 0 Å². The lowest BCUT2D eigenvalue weighted by Crippen LogP contribution is -2.57. The van der Waals surface area contributed by atoms with E-state index in [1.165, 1.54) is 20.5 Å². The van der Waals surface area contributed by atoms with Crippen LogP contribution in [0.15, 0.2) is 30.0 Å². The molecule has 1 aromatic carbocycles. The van der Waals surface area contributed by atoms with Gasteiger partial charge in [0.1, 0.15) is 11.3 Å². The molecule has 4 atom stereocenters. The number of hydrogen-bond donors (Lipinski definition) is 2. The summed E-state index contributed by atoms with van der Waals surface area (Å²) in [5.41, 5.74) is 0.817. The molecular formula is C22H28N2O5. The first-order valence-electron chi connectivity index (χ1n) is 10.2. The number of Topliss-reactive ketones (excluding diaryl/α,β-unsaturated/α-hetero) is 1. The molecule has 0 aliphatic carbocycles. The Balaban J connectivity index is 1.70. The maximum absolute atomic E-state index is 13.5. The molecule has 0 aromatic heterocycles. The molecule has 2 N–H and O–H groups in total. The van der Waals surface area contributed by atoms with Gasteiger partial charge in [0.05, 0.1) is 31.6 Å². The van der Waals surface area contributed by atoms with Crippen molar-refractivity contribution in [3.8, 4) is 5.75 Å². The van der Waals surface area contributed by atoms with Crippen molar-refractivity contribution in [2.75, 3.05) is 32.6 Å². The van der Waals surface area contributed by atoms with Crippen LogP contribution >= 0.6 is 0 Å². The van der Waals surface area contributed by atoms with E-state index in [4.69, 9.17) is 9.47 Å². The van der Waals surface area contributed by atoms with Gasteiger partial charge in [0.15, 0.2) is 5.78 Å². The third-order valence-electron chi connectivity index (χ3n) is 6.94. The van der Waals surface area contributed by atoms with Gasteiger partial charge in [-0.05, 0) is 36.8 Å². The fourth-order valence-corrected chi connectivity index (χ4v) is 5.52. The topological polar surface area (TPSA) is 88.1 Å². The van der Waals surface area contributed by atoms with Crippen molar-refractivity contribution >= 4 is 17.4 Å². The lowest BCUT2D eigenvalue weighted by atomic mass is 9.72. The molecule has 2 saturated heterocycles. The minimum Gasteiger partial charge on any atom is -0.507 e. The minimum atomic E-state index is -0.771. The predicted molar refractivity (Wildman–Crippen MR) is 108 cm³/mol. The molecule has 2 fully saturated rings. The SMILES string of the molecule is CC[C@@H]1CN2CCC3(Nc4cccc(O)c4C3=O)C2C[C@@H]1/C(=C\OC)C(=O)OC. The van der Waals surface area contributed by atoms with E-state index in [1.807, 2.05) is 6.07 Å². The molecular weight excluding hydrogens is 372 g/mol. The largest absolute Gasteiger partial charge is 0.507 e. The first-order chi connectivity index (χ1) is 14.0. The van der Waals surface area contributed by atoms with E-state index >= 15 is 0 Å². The smallest absolute Gasteiger partial charge is 0.337 e. The van der Waals surface area contributed by atoms with Crippen molar-refractivity contribution in [2.24, 2.45) is 11.8 Å². The Hall–Kier alpha value is -2.54. The number of ether oxygens (including phenoxy) is 2. The second-order valence-electron chi connectivity index (χ2n) is 8.20. The first-order valence-corrected chi connectivity index (χ1v) is 10.2. The van der Waals surface area contributed by atoms with E-state index in [0.29, 0.717) is 29.7 Å². The van der Waals surface area contributed by atoms with E-state index < -0.39 is 5.54 Å². The van der Waals surface area contributed by atoms with Gasteiger partial charge < -0.3 is 19.9 Å². The molecule has 7 nitrogen and oxygen atoms in total. The number of phenolic OH excluding ortho intramolecular Hbond substituents is 1. The number of piperidine rings is 1. The standard InChI is InChI=1S/C22H28N2O5/c1-4-13-11-24-9-8-22(20(26)19-16(23-22)6-5-7-17(19)25)18(24)10-14(13)15(12-28-2)21(27)29-3/h5-7,12-14,18,23,25H,4,8-11H2,1-3H3/b15-12+/t13-,14+,18?,22?/m1/s1. The van der Waals surface area contributed by atoms with Gasteiger partial charge in [-0.15, -0.1) is 0 Å². The number of rotatable bonds is 4. The maximum atomic E-state index is 13.5. The van der Waals surface area contributed by atoms with Crippen LogP contribution in [0.25, 0.3) is 0 Å². The summed E-state index contributed by atoms with van der Waals surface area (Å²) in [4.78, 5) is 28.3. The van der Waals surface area contributed by atoms with Gasteiger partial charge in [-0.1, -0.05) is 19.4 Å². The van der Waals surface area contributed by atoms with Gasteiger partial charge in [0, 0.05) is 24.8 Å². The molecule has 3 heterocycles. The van der Waals surface area contributed by atoms with E-state index in [9.17, 15) is 14.7 Å². The molecule has 2 unspecified atom stereocenters. The minimum absolute atomic E-state index is 0.0173. The van der Waals surface area contributed by atoms with Gasteiger partial charge in [0.2, 0.25) is 0 Å². The van der Waals surface area contributed by atoms with Crippen molar-refractivity contribution in [2.45, 2.75) is 37.8 Å². The van der Waals surface area contributed by atoms with Crippen LogP contribution in [0.4, 0.5) is 5.69 Å². The number of nitrogens with one attached hydrogen (secondary N) is 1. The van der Waals surface area contributed by atoms with E-state index in [-0.39, 0.29) is 35.4 Å². The number of carbonyl (C=O) groups excluding carboxylic acids is 2. The monoisotopic (exact) mass is 400 g/mol. The Labute approximate surface area is 170 Å². The van der Waals surface area contributed by atoms with Crippen LogP contribution in [-0.4, -0.2) is 60.6 Å². The number of benzene rings is 1. The van der Waals surface area contributed by atoms with Crippen LogP contribution in [0, 0.1) is 11.8 Å². The van der Waals surface area contributed by atoms with E-state index in [2.05, 4.69) is 17.1 Å². The highest BCUT2D eigenvalue weighted by Crippen LogP contribution is 2.50. The number of aromatic hydroxyl groups is 1. The average molecular weight is 400 g/mol. The number of fused-ring (bicyclic) bond motifs is 3. The number of esters is 1. The molecule has 1 aromatic rings. The number of methoxy groups -OCH3 is 2. The van der Waals surface area contributed by atoms with Gasteiger partial charge in [-0.3, -0.25) is 9.69 Å². The van der Waals surface area contributed by atoms with Crippen molar-refractivity contribution in [3.63, 3.8) is 0 Å². The molecule has 0 radical (unpaired) electrons. The number of phenols is 1. The van der Waals surface area contributed by atoms with Crippen LogP contribution < -0.4 is 5.32 Å². The van der Waals surface area contributed by atoms with Crippen LogP contribution in [-0.2, 0) is 14.3 Å². The van der Waals surface area contributed by atoms with Crippen LogP contribution in [0.2, 0.25) is 0 Å². The molecule has 4 rings (SSSR count). The number of anilines is 1. The predicted octanol–water partition coefficient (Wildman–Crippen LogP) is 2.56.